The van der Waals surface area contributed by atoms with E-state index in [9.17, 15) is 4.39 Å². The van der Waals surface area contributed by atoms with E-state index in [1.54, 1.807) is 24.3 Å². The summed E-state index contributed by atoms with van der Waals surface area (Å²) in [7, 11) is 0. The van der Waals surface area contributed by atoms with Crippen molar-refractivity contribution < 1.29 is 18.4 Å². The molecule has 112 valence electrons. The number of aromatic nitrogens is 1. The van der Waals surface area contributed by atoms with Crippen molar-refractivity contribution in [2.75, 3.05) is 13.2 Å². The first-order valence-corrected chi connectivity index (χ1v) is 7.00. The maximum atomic E-state index is 13.4. The second-order valence-corrected chi connectivity index (χ2v) is 4.95. The quantitative estimate of drug-likeness (QED) is 0.886. The van der Waals surface area contributed by atoms with Crippen molar-refractivity contribution in [3.05, 3.63) is 41.9 Å². The fourth-order valence-electron chi connectivity index (χ4n) is 2.23. The summed E-state index contributed by atoms with van der Waals surface area (Å²) in [6.45, 7) is 1.72. The third-order valence-electron chi connectivity index (χ3n) is 3.34. The van der Waals surface area contributed by atoms with Crippen LogP contribution < -0.4 is 14.8 Å². The maximum Gasteiger partial charge on any atom is 0.254 e. The second-order valence-electron chi connectivity index (χ2n) is 4.95. The molecule has 2 heterocycles. The molecule has 0 aliphatic carbocycles. The lowest BCUT2D eigenvalue weighted by molar-refractivity contribution is 0.226. The topological polar surface area (TPSA) is 56.5 Å². The Hall–Kier alpha value is -2.08. The molecule has 1 fully saturated rings. The minimum Gasteiger partial charge on any atom is -0.482 e. The Kier molecular flexibility index (Phi) is 4.35. The Morgan fingerprint density at radius 1 is 1.33 bits per heavy atom. The van der Waals surface area contributed by atoms with Gasteiger partial charge in [-0.25, -0.2) is 4.39 Å². The number of hydrogen-bond donors (Lipinski definition) is 1. The monoisotopic (exact) mass is 292 g/mol. The minimum atomic E-state index is -0.402. The predicted octanol–water partition coefficient (Wildman–Crippen LogP) is 2.52. The highest BCUT2D eigenvalue weighted by atomic mass is 19.1. The molecule has 0 saturated carbocycles. The van der Waals surface area contributed by atoms with Gasteiger partial charge in [-0.3, -0.25) is 0 Å². The standard InChI is InChI=1S/C15H17FN2O3/c16-13-5-1-2-6-14(13)19-10-12-8-15(18-21-12)20-9-11-4-3-7-17-11/h1-2,5-6,8,11,17H,3-4,7,9-10H2/t11-/m0/s1. The molecule has 21 heavy (non-hydrogen) atoms. The number of nitrogens with one attached hydrogen (secondary N) is 1. The number of benzene rings is 1. The maximum absolute atomic E-state index is 13.4. The average Bonchev–Trinajstić information content (AvgIpc) is 3.16. The highest BCUT2D eigenvalue weighted by Crippen LogP contribution is 2.19. The van der Waals surface area contributed by atoms with E-state index in [1.807, 2.05) is 0 Å². The SMILES string of the molecule is Fc1ccccc1OCc1cc(OC[C@@H]2CCCN2)no1. The molecule has 1 N–H and O–H groups in total. The van der Waals surface area contributed by atoms with Gasteiger partial charge in [0.2, 0.25) is 0 Å². The molecule has 1 aromatic carbocycles. The zero-order valence-electron chi connectivity index (χ0n) is 11.5. The van der Waals surface area contributed by atoms with Gasteiger partial charge in [0.05, 0.1) is 0 Å². The van der Waals surface area contributed by atoms with Crippen molar-refractivity contribution in [2.24, 2.45) is 0 Å². The van der Waals surface area contributed by atoms with E-state index in [2.05, 4.69) is 10.5 Å². The summed E-state index contributed by atoms with van der Waals surface area (Å²) in [4.78, 5) is 0. The molecular weight excluding hydrogens is 275 g/mol. The third kappa shape index (κ3) is 3.72. The van der Waals surface area contributed by atoms with Crippen LogP contribution in [-0.4, -0.2) is 24.4 Å². The van der Waals surface area contributed by atoms with Gasteiger partial charge in [0.25, 0.3) is 5.88 Å². The normalized spacial score (nSPS) is 17.9. The highest BCUT2D eigenvalue weighted by molar-refractivity contribution is 5.24. The Morgan fingerprint density at radius 2 is 2.24 bits per heavy atom. The summed E-state index contributed by atoms with van der Waals surface area (Å²) >= 11 is 0. The van der Waals surface area contributed by atoms with E-state index in [-0.39, 0.29) is 12.4 Å². The molecule has 1 saturated heterocycles. The van der Waals surface area contributed by atoms with Gasteiger partial charge >= 0.3 is 0 Å². The van der Waals surface area contributed by atoms with Gasteiger partial charge in [-0.2, -0.15) is 0 Å². The van der Waals surface area contributed by atoms with Crippen LogP contribution in [-0.2, 0) is 6.61 Å². The zero-order chi connectivity index (χ0) is 14.5. The van der Waals surface area contributed by atoms with E-state index < -0.39 is 5.82 Å². The van der Waals surface area contributed by atoms with Crippen LogP contribution >= 0.6 is 0 Å². The van der Waals surface area contributed by atoms with Gasteiger partial charge in [-0.05, 0) is 36.7 Å². The summed E-state index contributed by atoms with van der Waals surface area (Å²) in [6, 6.07) is 8.27. The summed E-state index contributed by atoms with van der Waals surface area (Å²) in [6.07, 6.45) is 2.29. The molecule has 1 aromatic heterocycles. The molecule has 6 heteroatoms. The van der Waals surface area contributed by atoms with Crippen LogP contribution in [0.2, 0.25) is 0 Å². The fraction of sp³-hybridized carbons (Fsp3) is 0.400. The lowest BCUT2D eigenvalue weighted by Gasteiger charge is -2.08. The summed E-state index contributed by atoms with van der Waals surface area (Å²) in [5, 5.41) is 7.15. The van der Waals surface area contributed by atoms with Crippen molar-refractivity contribution in [2.45, 2.75) is 25.5 Å². The van der Waals surface area contributed by atoms with Gasteiger partial charge in [-0.15, -0.1) is 0 Å². The molecule has 5 nitrogen and oxygen atoms in total. The number of halogens is 1. The molecule has 1 aliphatic rings. The summed E-state index contributed by atoms with van der Waals surface area (Å²) in [5.41, 5.74) is 0. The predicted molar refractivity (Wildman–Crippen MR) is 73.8 cm³/mol. The number of ether oxygens (including phenoxy) is 2. The van der Waals surface area contributed by atoms with Gasteiger partial charge in [0.15, 0.2) is 17.3 Å². The van der Waals surface area contributed by atoms with Crippen LogP contribution in [0.1, 0.15) is 18.6 Å². The van der Waals surface area contributed by atoms with Crippen molar-refractivity contribution in [1.82, 2.24) is 10.5 Å². The van der Waals surface area contributed by atoms with E-state index in [0.717, 1.165) is 13.0 Å². The van der Waals surface area contributed by atoms with Crippen molar-refractivity contribution in [1.29, 1.82) is 0 Å². The molecule has 1 aliphatic heterocycles. The first kappa shape index (κ1) is 13.9. The molecule has 2 aromatic rings. The first-order valence-electron chi connectivity index (χ1n) is 7.00. The smallest absolute Gasteiger partial charge is 0.254 e. The Balaban J connectivity index is 1.49. The van der Waals surface area contributed by atoms with Gasteiger partial charge < -0.3 is 19.3 Å². The molecule has 0 bridgehead atoms. The van der Waals surface area contributed by atoms with Crippen LogP contribution in [0, 0.1) is 5.82 Å². The lowest BCUT2D eigenvalue weighted by Crippen LogP contribution is -2.28. The Bertz CT molecular complexity index is 582. The Labute approximate surface area is 122 Å². The average molecular weight is 292 g/mol. The third-order valence-corrected chi connectivity index (χ3v) is 3.34. The number of rotatable bonds is 6. The van der Waals surface area contributed by atoms with Gasteiger partial charge in [0.1, 0.15) is 13.2 Å². The second kappa shape index (κ2) is 6.58. The molecule has 0 spiro atoms. The van der Waals surface area contributed by atoms with E-state index in [1.165, 1.54) is 12.5 Å². The van der Waals surface area contributed by atoms with Gasteiger partial charge in [0, 0.05) is 12.1 Å². The zero-order valence-corrected chi connectivity index (χ0v) is 11.5. The molecule has 0 amide bonds. The highest BCUT2D eigenvalue weighted by Gasteiger charge is 2.15. The molecule has 0 radical (unpaired) electrons. The molecule has 1 atom stereocenters. The van der Waals surface area contributed by atoms with Crippen LogP contribution in [0.3, 0.4) is 0 Å². The van der Waals surface area contributed by atoms with Crippen molar-refractivity contribution >= 4 is 0 Å². The van der Waals surface area contributed by atoms with Crippen molar-refractivity contribution in [3.8, 4) is 11.6 Å². The summed E-state index contributed by atoms with van der Waals surface area (Å²) < 4.78 is 29.4. The van der Waals surface area contributed by atoms with E-state index in [4.69, 9.17) is 14.0 Å². The van der Waals surface area contributed by atoms with Crippen LogP contribution in [0.25, 0.3) is 0 Å². The molecule has 0 unspecified atom stereocenters. The van der Waals surface area contributed by atoms with E-state index in [0.29, 0.717) is 24.3 Å². The van der Waals surface area contributed by atoms with Crippen LogP contribution in [0.4, 0.5) is 4.39 Å². The largest absolute Gasteiger partial charge is 0.482 e. The molecule has 3 rings (SSSR count). The van der Waals surface area contributed by atoms with Crippen LogP contribution in [0.5, 0.6) is 11.6 Å². The minimum absolute atomic E-state index is 0.110. The number of hydrogen-bond acceptors (Lipinski definition) is 5. The fourth-order valence-corrected chi connectivity index (χ4v) is 2.23. The van der Waals surface area contributed by atoms with Crippen molar-refractivity contribution in [3.63, 3.8) is 0 Å². The Morgan fingerprint density at radius 3 is 3.05 bits per heavy atom. The summed E-state index contributed by atoms with van der Waals surface area (Å²) in [5.74, 6) is 0.704. The molecular formula is C15H17FN2O3. The van der Waals surface area contributed by atoms with E-state index >= 15 is 0 Å². The van der Waals surface area contributed by atoms with Gasteiger partial charge in [-0.1, -0.05) is 12.1 Å². The number of nitrogens with zero attached hydrogens (tertiary/aromatic N) is 1. The van der Waals surface area contributed by atoms with Crippen LogP contribution in [0.15, 0.2) is 34.9 Å². The lowest BCUT2D eigenvalue weighted by atomic mass is 10.2. The number of para-hydroxylation sites is 1. The first-order chi connectivity index (χ1) is 10.3.